The van der Waals surface area contributed by atoms with Crippen LogP contribution in [-0.2, 0) is 11.3 Å². The molecule has 0 atom stereocenters. The molecule has 0 bridgehead atoms. The predicted molar refractivity (Wildman–Crippen MR) is 76.0 cm³/mol. The maximum Gasteiger partial charge on any atom is 0.0992 e. The third kappa shape index (κ3) is 5.20. The van der Waals surface area contributed by atoms with Crippen LogP contribution in [0.1, 0.15) is 30.4 Å². The van der Waals surface area contributed by atoms with Gasteiger partial charge < -0.3 is 10.1 Å². The fraction of sp³-hybridized carbons (Fsp3) is 0.533. The number of benzene rings is 1. The van der Waals surface area contributed by atoms with E-state index in [9.17, 15) is 0 Å². The highest BCUT2D eigenvalue weighted by atomic mass is 35.5. The van der Waals surface area contributed by atoms with Gasteiger partial charge in [-0.1, -0.05) is 17.7 Å². The van der Waals surface area contributed by atoms with Crippen LogP contribution in [0, 0.1) is 17.2 Å². The smallest absolute Gasteiger partial charge is 0.0992 e. The summed E-state index contributed by atoms with van der Waals surface area (Å²) in [5.74, 6) is 0.838. The molecule has 0 unspecified atom stereocenters. The summed E-state index contributed by atoms with van der Waals surface area (Å²) in [5, 5.41) is 12.7. The largest absolute Gasteiger partial charge is 0.381 e. The van der Waals surface area contributed by atoms with E-state index in [-0.39, 0.29) is 0 Å². The van der Waals surface area contributed by atoms with Gasteiger partial charge in [-0.05, 0) is 49.4 Å². The zero-order valence-corrected chi connectivity index (χ0v) is 11.7. The molecule has 1 saturated carbocycles. The topological polar surface area (TPSA) is 45.0 Å². The van der Waals surface area contributed by atoms with Gasteiger partial charge in [-0.25, -0.2) is 0 Å². The Labute approximate surface area is 119 Å². The Morgan fingerprint density at radius 2 is 2.26 bits per heavy atom. The minimum atomic E-state index is 0.599. The highest BCUT2D eigenvalue weighted by Gasteiger charge is 2.20. The van der Waals surface area contributed by atoms with Gasteiger partial charge in [-0.15, -0.1) is 0 Å². The Morgan fingerprint density at radius 3 is 2.95 bits per heavy atom. The lowest BCUT2D eigenvalue weighted by Gasteiger charge is -2.07. The molecular weight excluding hydrogens is 260 g/mol. The van der Waals surface area contributed by atoms with Gasteiger partial charge in [0, 0.05) is 24.8 Å². The van der Waals surface area contributed by atoms with E-state index >= 15 is 0 Å². The normalized spacial score (nSPS) is 14.3. The molecule has 4 heteroatoms. The third-order valence-electron chi connectivity index (χ3n) is 3.19. The maximum atomic E-state index is 8.75. The van der Waals surface area contributed by atoms with Gasteiger partial charge in [0.15, 0.2) is 0 Å². The van der Waals surface area contributed by atoms with Gasteiger partial charge >= 0.3 is 0 Å². The first kappa shape index (κ1) is 14.3. The van der Waals surface area contributed by atoms with E-state index < -0.39 is 0 Å². The Hall–Kier alpha value is -1.08. The number of hydrogen-bond donors (Lipinski definition) is 1. The second-order valence-corrected chi connectivity index (χ2v) is 5.37. The minimum Gasteiger partial charge on any atom is -0.381 e. The molecule has 102 valence electrons. The molecule has 1 fully saturated rings. The van der Waals surface area contributed by atoms with Gasteiger partial charge in [-0.3, -0.25) is 0 Å². The van der Waals surface area contributed by atoms with E-state index in [2.05, 4.69) is 11.4 Å². The van der Waals surface area contributed by atoms with Crippen LogP contribution >= 0.6 is 11.6 Å². The van der Waals surface area contributed by atoms with Crippen molar-refractivity contribution in [2.45, 2.75) is 25.8 Å². The van der Waals surface area contributed by atoms with Crippen molar-refractivity contribution in [2.24, 2.45) is 5.92 Å². The second-order valence-electron chi connectivity index (χ2n) is 4.97. The van der Waals surface area contributed by atoms with Gasteiger partial charge in [0.1, 0.15) is 0 Å². The first-order valence-electron chi connectivity index (χ1n) is 6.76. The minimum absolute atomic E-state index is 0.599. The van der Waals surface area contributed by atoms with Gasteiger partial charge in [0.25, 0.3) is 0 Å². The van der Waals surface area contributed by atoms with Crippen molar-refractivity contribution in [2.75, 3.05) is 19.8 Å². The molecule has 3 nitrogen and oxygen atoms in total. The molecule has 1 aromatic rings. The lowest BCUT2D eigenvalue weighted by Crippen LogP contribution is -2.17. The number of nitriles is 1. The second kappa shape index (κ2) is 7.49. The van der Waals surface area contributed by atoms with Crippen LogP contribution in [0.3, 0.4) is 0 Å². The molecule has 0 heterocycles. The molecule has 0 aromatic heterocycles. The zero-order chi connectivity index (χ0) is 13.5. The summed E-state index contributed by atoms with van der Waals surface area (Å²) in [4.78, 5) is 0. The first-order valence-corrected chi connectivity index (χ1v) is 7.14. The van der Waals surface area contributed by atoms with E-state index in [1.54, 1.807) is 12.1 Å². The summed E-state index contributed by atoms with van der Waals surface area (Å²) in [7, 11) is 0. The number of rotatable bonds is 8. The number of halogens is 1. The summed E-state index contributed by atoms with van der Waals surface area (Å²) in [5.41, 5.74) is 1.63. The average Bonchev–Trinajstić information content (AvgIpc) is 3.23. The Morgan fingerprint density at radius 1 is 1.42 bits per heavy atom. The molecule has 0 amide bonds. The van der Waals surface area contributed by atoms with E-state index in [4.69, 9.17) is 21.6 Å². The monoisotopic (exact) mass is 278 g/mol. The Kier molecular flexibility index (Phi) is 5.65. The molecule has 0 radical (unpaired) electrons. The number of ether oxygens (including phenoxy) is 1. The van der Waals surface area contributed by atoms with Crippen molar-refractivity contribution >= 4 is 11.6 Å². The van der Waals surface area contributed by atoms with Crippen molar-refractivity contribution in [3.8, 4) is 6.07 Å². The molecule has 2 rings (SSSR count). The number of hydrogen-bond acceptors (Lipinski definition) is 3. The summed E-state index contributed by atoms with van der Waals surface area (Å²) in [6.45, 7) is 3.40. The van der Waals surface area contributed by atoms with Crippen molar-refractivity contribution in [1.82, 2.24) is 5.32 Å². The standard InChI is InChI=1S/C15H19ClN2O/c16-15-8-13(9-17)4-5-14(15)10-18-6-1-7-19-11-12-2-3-12/h4-5,8,12,18H,1-3,6-7,10-11H2. The lowest BCUT2D eigenvalue weighted by molar-refractivity contribution is 0.122. The molecule has 1 N–H and O–H groups in total. The zero-order valence-electron chi connectivity index (χ0n) is 11.0. The number of nitrogens with zero attached hydrogens (tertiary/aromatic N) is 1. The van der Waals surface area contributed by atoms with Crippen LogP contribution in [0.2, 0.25) is 5.02 Å². The molecule has 0 saturated heterocycles. The van der Waals surface area contributed by atoms with Crippen molar-refractivity contribution < 1.29 is 4.74 Å². The highest BCUT2D eigenvalue weighted by Crippen LogP contribution is 2.28. The fourth-order valence-electron chi connectivity index (χ4n) is 1.82. The summed E-state index contributed by atoms with van der Waals surface area (Å²) >= 11 is 6.10. The van der Waals surface area contributed by atoms with Crippen molar-refractivity contribution in [3.63, 3.8) is 0 Å². The van der Waals surface area contributed by atoms with E-state index in [1.807, 2.05) is 6.07 Å². The Bertz CT molecular complexity index is 452. The van der Waals surface area contributed by atoms with Crippen LogP contribution in [0.5, 0.6) is 0 Å². The molecular formula is C15H19ClN2O. The molecule has 1 aliphatic carbocycles. The van der Waals surface area contributed by atoms with E-state index in [0.717, 1.165) is 44.2 Å². The SMILES string of the molecule is N#Cc1ccc(CNCCCOCC2CC2)c(Cl)c1. The van der Waals surface area contributed by atoms with Crippen LogP contribution in [0.4, 0.5) is 0 Å². The van der Waals surface area contributed by atoms with Gasteiger partial charge in [0.05, 0.1) is 11.6 Å². The van der Waals surface area contributed by atoms with Crippen LogP contribution in [0.25, 0.3) is 0 Å². The van der Waals surface area contributed by atoms with Crippen LogP contribution in [-0.4, -0.2) is 19.8 Å². The van der Waals surface area contributed by atoms with Crippen molar-refractivity contribution in [3.05, 3.63) is 34.3 Å². The first-order chi connectivity index (χ1) is 9.29. The maximum absolute atomic E-state index is 8.75. The van der Waals surface area contributed by atoms with Gasteiger partial charge in [0.2, 0.25) is 0 Å². The fourth-order valence-corrected chi connectivity index (χ4v) is 2.06. The summed E-state index contributed by atoms with van der Waals surface area (Å²) in [6, 6.07) is 7.48. The molecule has 1 aromatic carbocycles. The van der Waals surface area contributed by atoms with Crippen molar-refractivity contribution in [1.29, 1.82) is 5.26 Å². The summed E-state index contributed by atoms with van der Waals surface area (Å²) in [6.07, 6.45) is 3.70. The van der Waals surface area contributed by atoms with Gasteiger partial charge in [-0.2, -0.15) is 5.26 Å². The predicted octanol–water partition coefficient (Wildman–Crippen LogP) is 3.12. The van der Waals surface area contributed by atoms with E-state index in [1.165, 1.54) is 12.8 Å². The summed E-state index contributed by atoms with van der Waals surface area (Å²) < 4.78 is 5.56. The third-order valence-corrected chi connectivity index (χ3v) is 3.54. The number of nitrogens with one attached hydrogen (secondary N) is 1. The highest BCUT2D eigenvalue weighted by molar-refractivity contribution is 6.31. The van der Waals surface area contributed by atoms with E-state index in [0.29, 0.717) is 10.6 Å². The quantitative estimate of drug-likeness (QED) is 0.743. The van der Waals surface area contributed by atoms with Crippen LogP contribution < -0.4 is 5.32 Å². The van der Waals surface area contributed by atoms with Crippen LogP contribution in [0.15, 0.2) is 18.2 Å². The molecule has 1 aliphatic rings. The molecule has 19 heavy (non-hydrogen) atoms. The average molecular weight is 279 g/mol. The molecule has 0 spiro atoms. The Balaban J connectivity index is 1.58. The molecule has 0 aliphatic heterocycles. The lowest BCUT2D eigenvalue weighted by atomic mass is 10.1.